The number of rotatable bonds is 8. The van der Waals surface area contributed by atoms with Gasteiger partial charge in [-0.3, -0.25) is 9.89 Å². The second-order valence-corrected chi connectivity index (χ2v) is 6.31. The predicted octanol–water partition coefficient (Wildman–Crippen LogP) is 2.33. The van der Waals surface area contributed by atoms with Gasteiger partial charge in [-0.15, -0.1) is 0 Å². The average Bonchev–Trinajstić information content (AvgIpc) is 3.11. The summed E-state index contributed by atoms with van der Waals surface area (Å²) in [6.45, 7) is 9.63. The molecule has 1 heterocycles. The molecule has 5 heteroatoms. The van der Waals surface area contributed by atoms with Gasteiger partial charge in [-0.05, 0) is 45.3 Å². The number of methoxy groups -OCH3 is 1. The number of hydrogen-bond acceptors (Lipinski definition) is 3. The number of hydrogen-bond donors (Lipinski definition) is 2. The van der Waals surface area contributed by atoms with Crippen molar-refractivity contribution in [3.05, 3.63) is 35.4 Å². The van der Waals surface area contributed by atoms with Crippen molar-refractivity contribution in [3.63, 3.8) is 0 Å². The van der Waals surface area contributed by atoms with E-state index in [-0.39, 0.29) is 0 Å². The lowest BCUT2D eigenvalue weighted by Gasteiger charge is -2.27. The third-order valence-corrected chi connectivity index (χ3v) is 4.41. The van der Waals surface area contributed by atoms with E-state index in [0.29, 0.717) is 12.6 Å². The Hall–Kier alpha value is -1.59. The number of ether oxygens (including phenoxy) is 1. The van der Waals surface area contributed by atoms with Crippen molar-refractivity contribution in [3.8, 4) is 0 Å². The number of nitrogens with one attached hydrogen (secondary N) is 2. The molecule has 2 rings (SSSR count). The van der Waals surface area contributed by atoms with Crippen LogP contribution in [0.2, 0.25) is 0 Å². The van der Waals surface area contributed by atoms with Gasteiger partial charge in [0.1, 0.15) is 0 Å². The van der Waals surface area contributed by atoms with Crippen molar-refractivity contribution in [2.24, 2.45) is 4.99 Å². The molecule has 0 bridgehead atoms. The monoisotopic (exact) mass is 332 g/mol. The van der Waals surface area contributed by atoms with Gasteiger partial charge >= 0.3 is 0 Å². The average molecular weight is 332 g/mol. The zero-order valence-electron chi connectivity index (χ0n) is 15.3. The molecule has 0 spiro atoms. The van der Waals surface area contributed by atoms with Crippen LogP contribution in [0, 0.1) is 6.92 Å². The van der Waals surface area contributed by atoms with Crippen LogP contribution in [-0.2, 0) is 4.74 Å². The Morgan fingerprint density at radius 2 is 1.92 bits per heavy atom. The number of aryl methyl sites for hydroxylation is 1. The third-order valence-electron chi connectivity index (χ3n) is 4.41. The van der Waals surface area contributed by atoms with Crippen molar-refractivity contribution in [2.75, 3.05) is 46.4 Å². The summed E-state index contributed by atoms with van der Waals surface area (Å²) in [5.74, 6) is 0.867. The molecule has 1 aliphatic heterocycles. The highest BCUT2D eigenvalue weighted by atomic mass is 16.5. The predicted molar refractivity (Wildman–Crippen MR) is 101 cm³/mol. The minimum absolute atomic E-state index is 0.353. The molecule has 1 aromatic rings. The molecule has 0 aliphatic carbocycles. The maximum absolute atomic E-state index is 5.10. The number of likely N-dealkylation sites (tertiary alicyclic amines) is 1. The van der Waals surface area contributed by atoms with E-state index in [9.17, 15) is 0 Å². The number of benzene rings is 1. The van der Waals surface area contributed by atoms with Gasteiger partial charge in [-0.2, -0.15) is 0 Å². The van der Waals surface area contributed by atoms with Crippen LogP contribution in [0.1, 0.15) is 36.9 Å². The largest absolute Gasteiger partial charge is 0.383 e. The van der Waals surface area contributed by atoms with Gasteiger partial charge < -0.3 is 15.4 Å². The molecule has 1 aromatic carbocycles. The van der Waals surface area contributed by atoms with Crippen molar-refractivity contribution in [2.45, 2.75) is 32.7 Å². The molecule has 1 fully saturated rings. The number of aliphatic imine (C=N–C) groups is 1. The third kappa shape index (κ3) is 5.80. The molecule has 0 amide bonds. The fraction of sp³-hybridized carbons (Fsp3) is 0.632. The molecule has 0 aromatic heterocycles. The summed E-state index contributed by atoms with van der Waals surface area (Å²) in [5.41, 5.74) is 2.66. The van der Waals surface area contributed by atoms with Crippen LogP contribution in [-0.4, -0.2) is 57.3 Å². The van der Waals surface area contributed by atoms with Crippen LogP contribution in [0.3, 0.4) is 0 Å². The highest BCUT2D eigenvalue weighted by Crippen LogP contribution is 2.25. The Kier molecular flexibility index (Phi) is 8.05. The van der Waals surface area contributed by atoms with Crippen LogP contribution >= 0.6 is 0 Å². The summed E-state index contributed by atoms with van der Waals surface area (Å²) in [4.78, 5) is 7.39. The second-order valence-electron chi connectivity index (χ2n) is 6.31. The first kappa shape index (κ1) is 18.7. The van der Waals surface area contributed by atoms with Gasteiger partial charge in [0.15, 0.2) is 5.96 Å². The molecule has 0 radical (unpaired) electrons. The first-order valence-electron chi connectivity index (χ1n) is 9.06. The summed E-state index contributed by atoms with van der Waals surface area (Å²) in [5, 5.41) is 6.64. The summed E-state index contributed by atoms with van der Waals surface area (Å²) >= 11 is 0. The SMILES string of the molecule is CCNC(=NCC(c1ccc(C)cc1)N1CCCC1)NCCOC. The minimum atomic E-state index is 0.353. The van der Waals surface area contributed by atoms with Crippen LogP contribution in [0.25, 0.3) is 0 Å². The topological polar surface area (TPSA) is 48.9 Å². The van der Waals surface area contributed by atoms with Crippen LogP contribution < -0.4 is 10.6 Å². The lowest BCUT2D eigenvalue weighted by molar-refractivity contribution is 0.203. The van der Waals surface area contributed by atoms with Gasteiger partial charge in [0.05, 0.1) is 19.2 Å². The Morgan fingerprint density at radius 1 is 1.21 bits per heavy atom. The van der Waals surface area contributed by atoms with E-state index in [1.807, 2.05) is 0 Å². The summed E-state index contributed by atoms with van der Waals surface area (Å²) in [6, 6.07) is 9.25. The molecular weight excluding hydrogens is 300 g/mol. The lowest BCUT2D eigenvalue weighted by atomic mass is 10.0. The van der Waals surface area contributed by atoms with Gasteiger partial charge in [0, 0.05) is 20.2 Å². The summed E-state index contributed by atoms with van der Waals surface area (Å²) in [6.07, 6.45) is 2.58. The van der Waals surface area contributed by atoms with Gasteiger partial charge in [0.2, 0.25) is 0 Å². The van der Waals surface area contributed by atoms with Crippen molar-refractivity contribution < 1.29 is 4.74 Å². The standard InChI is InChI=1S/C19H32N4O/c1-4-20-19(21-11-14-24-3)22-15-18(23-12-5-6-13-23)17-9-7-16(2)8-10-17/h7-10,18H,4-6,11-15H2,1-3H3,(H2,20,21,22). The van der Waals surface area contributed by atoms with Gasteiger partial charge in [0.25, 0.3) is 0 Å². The van der Waals surface area contributed by atoms with E-state index in [0.717, 1.165) is 25.6 Å². The molecule has 0 saturated carbocycles. The maximum Gasteiger partial charge on any atom is 0.191 e. The smallest absolute Gasteiger partial charge is 0.191 e. The Balaban J connectivity index is 2.07. The fourth-order valence-electron chi connectivity index (χ4n) is 3.06. The zero-order valence-corrected chi connectivity index (χ0v) is 15.3. The summed E-state index contributed by atoms with van der Waals surface area (Å²) in [7, 11) is 1.71. The normalized spacial score (nSPS) is 17.0. The Bertz CT molecular complexity index is 495. The quantitative estimate of drug-likeness (QED) is 0.436. The summed E-state index contributed by atoms with van der Waals surface area (Å²) < 4.78 is 5.10. The first-order chi connectivity index (χ1) is 11.7. The maximum atomic E-state index is 5.10. The van der Waals surface area contributed by atoms with Crippen LogP contribution in [0.4, 0.5) is 0 Å². The van der Waals surface area contributed by atoms with Crippen molar-refractivity contribution in [1.29, 1.82) is 0 Å². The molecule has 1 unspecified atom stereocenters. The highest BCUT2D eigenvalue weighted by Gasteiger charge is 2.23. The minimum Gasteiger partial charge on any atom is -0.383 e. The molecular formula is C19H32N4O. The van der Waals surface area contributed by atoms with Crippen LogP contribution in [0.15, 0.2) is 29.3 Å². The molecule has 134 valence electrons. The number of nitrogens with zero attached hydrogens (tertiary/aromatic N) is 2. The zero-order chi connectivity index (χ0) is 17.2. The van der Waals surface area contributed by atoms with Crippen molar-refractivity contribution in [1.82, 2.24) is 15.5 Å². The lowest BCUT2D eigenvalue weighted by Crippen LogP contribution is -2.39. The van der Waals surface area contributed by atoms with Gasteiger partial charge in [-0.25, -0.2) is 0 Å². The number of guanidine groups is 1. The molecule has 24 heavy (non-hydrogen) atoms. The Labute approximate surface area is 146 Å². The first-order valence-corrected chi connectivity index (χ1v) is 9.06. The molecule has 5 nitrogen and oxygen atoms in total. The van der Waals surface area contributed by atoms with E-state index < -0.39 is 0 Å². The Morgan fingerprint density at radius 3 is 2.54 bits per heavy atom. The molecule has 1 aliphatic rings. The molecule has 2 N–H and O–H groups in total. The molecule has 1 saturated heterocycles. The molecule has 1 atom stereocenters. The van der Waals surface area contributed by atoms with Crippen molar-refractivity contribution >= 4 is 5.96 Å². The second kappa shape index (κ2) is 10.3. The van der Waals surface area contributed by atoms with Gasteiger partial charge in [-0.1, -0.05) is 29.8 Å². The van der Waals surface area contributed by atoms with E-state index >= 15 is 0 Å². The van der Waals surface area contributed by atoms with E-state index in [4.69, 9.17) is 9.73 Å². The van der Waals surface area contributed by atoms with E-state index in [1.165, 1.54) is 37.1 Å². The van der Waals surface area contributed by atoms with Crippen LogP contribution in [0.5, 0.6) is 0 Å². The fourth-order valence-corrected chi connectivity index (χ4v) is 3.06. The van der Waals surface area contributed by atoms with E-state index in [2.05, 4.69) is 53.6 Å². The highest BCUT2D eigenvalue weighted by molar-refractivity contribution is 5.79. The van der Waals surface area contributed by atoms with E-state index in [1.54, 1.807) is 7.11 Å².